The molecular formula is C31H52. The average molecular weight is 425 g/mol. The summed E-state index contributed by atoms with van der Waals surface area (Å²) in [6.07, 6.45) is 33.4. The zero-order valence-corrected chi connectivity index (χ0v) is 20.6. The maximum Gasteiger partial charge on any atom is -0.0321 e. The summed E-state index contributed by atoms with van der Waals surface area (Å²) in [6, 6.07) is 0. The predicted octanol–water partition coefficient (Wildman–Crippen LogP) is 9.42. The van der Waals surface area contributed by atoms with Crippen molar-refractivity contribution in [3.63, 3.8) is 0 Å². The van der Waals surface area contributed by atoms with Crippen molar-refractivity contribution in [2.24, 2.45) is 59.2 Å². The predicted molar refractivity (Wildman–Crippen MR) is 132 cm³/mol. The van der Waals surface area contributed by atoms with E-state index in [2.05, 4.69) is 0 Å². The summed E-state index contributed by atoms with van der Waals surface area (Å²) in [5, 5.41) is 0. The van der Waals surface area contributed by atoms with E-state index in [-0.39, 0.29) is 0 Å². The molecule has 6 aliphatic rings. The molecule has 10 atom stereocenters. The quantitative estimate of drug-likeness (QED) is 0.393. The van der Waals surface area contributed by atoms with Crippen molar-refractivity contribution < 1.29 is 0 Å². The van der Waals surface area contributed by atoms with Gasteiger partial charge in [-0.25, -0.2) is 0 Å². The molecule has 0 N–H and O–H groups in total. The van der Waals surface area contributed by atoms with Crippen molar-refractivity contribution in [3.8, 4) is 0 Å². The largest absolute Gasteiger partial charge is 0.0533 e. The molecule has 0 spiro atoms. The summed E-state index contributed by atoms with van der Waals surface area (Å²) in [4.78, 5) is 0. The Bertz CT molecular complexity index is 579. The van der Waals surface area contributed by atoms with E-state index >= 15 is 0 Å². The van der Waals surface area contributed by atoms with Gasteiger partial charge < -0.3 is 0 Å². The molecule has 0 aromatic carbocycles. The summed E-state index contributed by atoms with van der Waals surface area (Å²) in [7, 11) is 0. The van der Waals surface area contributed by atoms with Gasteiger partial charge in [0.15, 0.2) is 0 Å². The Balaban J connectivity index is 1.29. The minimum absolute atomic E-state index is 1.12. The van der Waals surface area contributed by atoms with E-state index in [4.69, 9.17) is 0 Å². The van der Waals surface area contributed by atoms with Crippen molar-refractivity contribution in [1.82, 2.24) is 0 Å². The first-order valence-corrected chi connectivity index (χ1v) is 15.4. The molecule has 176 valence electrons. The molecule has 6 saturated carbocycles. The van der Waals surface area contributed by atoms with Gasteiger partial charge in [0.2, 0.25) is 0 Å². The lowest BCUT2D eigenvalue weighted by atomic mass is 9.51. The lowest BCUT2D eigenvalue weighted by Crippen LogP contribution is -2.46. The number of rotatable bonds is 1. The molecule has 0 aliphatic heterocycles. The second-order valence-electron chi connectivity index (χ2n) is 13.5. The van der Waals surface area contributed by atoms with Crippen LogP contribution in [0.15, 0.2) is 0 Å². The van der Waals surface area contributed by atoms with Crippen molar-refractivity contribution in [2.75, 3.05) is 0 Å². The van der Waals surface area contributed by atoms with E-state index in [0.29, 0.717) is 0 Å². The normalized spacial score (nSPS) is 51.1. The fraction of sp³-hybridized carbons (Fsp3) is 1.00. The SMILES string of the molecule is C1CCCC2C(CC1)CC1CCCCC1C2C1CCC2C3CCCCCC3CCCC21. The number of fused-ring (bicyclic) bond motifs is 5. The highest BCUT2D eigenvalue weighted by Crippen LogP contribution is 2.61. The standard InChI is InChI=1S/C31H52/c1-2-6-16-26-23(12-4-1)21-24-13-8-9-17-27(24)31(26)30-20-19-29-25-15-7-3-5-11-22(25)14-10-18-28(29)30/h22-31H,1-21H2. The second kappa shape index (κ2) is 9.70. The smallest absolute Gasteiger partial charge is 0.0321 e. The van der Waals surface area contributed by atoms with Crippen LogP contribution >= 0.6 is 0 Å². The molecule has 0 aromatic rings. The van der Waals surface area contributed by atoms with Crippen LogP contribution in [0.25, 0.3) is 0 Å². The van der Waals surface area contributed by atoms with Crippen molar-refractivity contribution in [1.29, 1.82) is 0 Å². The van der Waals surface area contributed by atoms with Crippen LogP contribution in [-0.2, 0) is 0 Å². The Morgan fingerprint density at radius 3 is 1.48 bits per heavy atom. The molecule has 0 nitrogen and oxygen atoms in total. The molecule has 6 rings (SSSR count). The first-order chi connectivity index (χ1) is 15.4. The summed E-state index contributed by atoms with van der Waals surface area (Å²) in [5.41, 5.74) is 0. The Hall–Kier alpha value is 0. The fourth-order valence-electron chi connectivity index (χ4n) is 11.3. The molecule has 6 fully saturated rings. The highest BCUT2D eigenvalue weighted by Gasteiger charge is 2.53. The van der Waals surface area contributed by atoms with E-state index in [1.807, 2.05) is 0 Å². The molecule has 10 unspecified atom stereocenters. The van der Waals surface area contributed by atoms with Crippen LogP contribution in [0.1, 0.15) is 135 Å². The zero-order valence-electron chi connectivity index (χ0n) is 20.6. The Labute approximate surface area is 194 Å². The van der Waals surface area contributed by atoms with Gasteiger partial charge in [-0.1, -0.05) is 89.9 Å². The summed E-state index contributed by atoms with van der Waals surface area (Å²) in [6.45, 7) is 0. The van der Waals surface area contributed by atoms with E-state index in [9.17, 15) is 0 Å². The third kappa shape index (κ3) is 4.18. The van der Waals surface area contributed by atoms with Gasteiger partial charge in [-0.3, -0.25) is 0 Å². The van der Waals surface area contributed by atoms with Crippen LogP contribution in [-0.4, -0.2) is 0 Å². The van der Waals surface area contributed by atoms with Gasteiger partial charge in [0.05, 0.1) is 0 Å². The monoisotopic (exact) mass is 424 g/mol. The minimum atomic E-state index is 1.12. The van der Waals surface area contributed by atoms with Crippen LogP contribution in [0, 0.1) is 59.2 Å². The molecule has 0 bridgehead atoms. The summed E-state index contributed by atoms with van der Waals surface area (Å²) >= 11 is 0. The number of hydrogen-bond acceptors (Lipinski definition) is 0. The van der Waals surface area contributed by atoms with E-state index < -0.39 is 0 Å². The van der Waals surface area contributed by atoms with Gasteiger partial charge in [-0.05, 0) is 104 Å². The first-order valence-electron chi connectivity index (χ1n) is 15.4. The van der Waals surface area contributed by atoms with Gasteiger partial charge >= 0.3 is 0 Å². The van der Waals surface area contributed by atoms with Gasteiger partial charge in [0.1, 0.15) is 0 Å². The lowest BCUT2D eigenvalue weighted by molar-refractivity contribution is -0.0463. The van der Waals surface area contributed by atoms with E-state index in [1.54, 1.807) is 135 Å². The molecule has 0 aromatic heterocycles. The molecule has 0 heterocycles. The second-order valence-corrected chi connectivity index (χ2v) is 13.5. The highest BCUT2D eigenvalue weighted by molar-refractivity contribution is 5.02. The van der Waals surface area contributed by atoms with Crippen LogP contribution in [0.2, 0.25) is 0 Å². The van der Waals surface area contributed by atoms with Crippen LogP contribution < -0.4 is 0 Å². The topological polar surface area (TPSA) is 0 Å². The van der Waals surface area contributed by atoms with E-state index in [0.717, 1.165) is 59.2 Å². The molecule has 0 saturated heterocycles. The van der Waals surface area contributed by atoms with Gasteiger partial charge in [-0.2, -0.15) is 0 Å². The third-order valence-electron chi connectivity index (χ3n) is 12.3. The van der Waals surface area contributed by atoms with Gasteiger partial charge in [0, 0.05) is 0 Å². The fourth-order valence-corrected chi connectivity index (χ4v) is 11.3. The first kappa shape index (κ1) is 21.5. The van der Waals surface area contributed by atoms with Gasteiger partial charge in [-0.15, -0.1) is 0 Å². The third-order valence-corrected chi connectivity index (χ3v) is 12.3. The lowest BCUT2D eigenvalue weighted by Gasteiger charge is -2.54. The van der Waals surface area contributed by atoms with E-state index in [1.165, 1.54) is 0 Å². The van der Waals surface area contributed by atoms with Crippen molar-refractivity contribution in [3.05, 3.63) is 0 Å². The summed E-state index contributed by atoms with van der Waals surface area (Å²) in [5.74, 6) is 11.4. The Morgan fingerprint density at radius 1 is 0.258 bits per heavy atom. The van der Waals surface area contributed by atoms with Crippen molar-refractivity contribution >= 4 is 0 Å². The zero-order chi connectivity index (χ0) is 20.6. The Kier molecular flexibility index (Phi) is 6.74. The van der Waals surface area contributed by atoms with Crippen molar-refractivity contribution in [2.45, 2.75) is 135 Å². The Morgan fingerprint density at radius 2 is 0.710 bits per heavy atom. The molecule has 31 heavy (non-hydrogen) atoms. The van der Waals surface area contributed by atoms with Crippen LogP contribution in [0.5, 0.6) is 0 Å². The molecule has 6 aliphatic carbocycles. The highest BCUT2D eigenvalue weighted by atomic mass is 14.6. The molecular weight excluding hydrogens is 372 g/mol. The maximum absolute atomic E-state index is 1.65. The molecule has 0 amide bonds. The number of hydrogen-bond donors (Lipinski definition) is 0. The maximum atomic E-state index is 1.65. The van der Waals surface area contributed by atoms with Crippen LogP contribution in [0.3, 0.4) is 0 Å². The van der Waals surface area contributed by atoms with Crippen LogP contribution in [0.4, 0.5) is 0 Å². The average Bonchev–Trinajstić information content (AvgIpc) is 2.93. The molecule has 0 heteroatoms. The van der Waals surface area contributed by atoms with Gasteiger partial charge in [0.25, 0.3) is 0 Å². The molecule has 0 radical (unpaired) electrons. The summed E-state index contributed by atoms with van der Waals surface area (Å²) < 4.78 is 0. The minimum Gasteiger partial charge on any atom is -0.0533 e.